The first kappa shape index (κ1) is 82.6. The lowest BCUT2D eigenvalue weighted by molar-refractivity contribution is -0.138. The Hall–Kier alpha value is -7.84. The van der Waals surface area contributed by atoms with Gasteiger partial charge in [-0.05, 0) is 168 Å². The lowest BCUT2D eigenvalue weighted by Gasteiger charge is -2.44. The van der Waals surface area contributed by atoms with E-state index in [0.29, 0.717) is 139 Å². The summed E-state index contributed by atoms with van der Waals surface area (Å²) >= 11 is 12.4. The van der Waals surface area contributed by atoms with Crippen molar-refractivity contribution in [1.29, 1.82) is 0 Å². The first-order chi connectivity index (χ1) is 52.2. The number of nitrogens with one attached hydrogen (secondary N) is 5. The number of nitrogens with zero attached hydrogens (tertiary/aromatic N) is 12. The second kappa shape index (κ2) is 33.3. The zero-order chi connectivity index (χ0) is 79.9. The van der Waals surface area contributed by atoms with Gasteiger partial charge in [0.25, 0.3) is 0 Å². The van der Waals surface area contributed by atoms with Crippen molar-refractivity contribution < 1.29 is 64.8 Å². The molecule has 111 heavy (non-hydrogen) atoms. The van der Waals surface area contributed by atoms with Gasteiger partial charge >= 0.3 is 12.4 Å². The second-order valence-corrected chi connectivity index (χ2v) is 38.9. The van der Waals surface area contributed by atoms with Crippen LogP contribution in [0.3, 0.4) is 0 Å². The largest absolute Gasteiger partial charge is 0.416 e. The van der Waals surface area contributed by atoms with E-state index in [9.17, 15) is 64.8 Å². The Kier molecular flexibility index (Phi) is 24.8. The molecule has 0 bridgehead atoms. The number of ketones is 1. The average molecular weight is 1660 g/mol. The summed E-state index contributed by atoms with van der Waals surface area (Å²) in [6, 6.07) is 16.4. The molecule has 1 saturated carbocycles. The van der Waals surface area contributed by atoms with Gasteiger partial charge in [-0.15, -0.1) is 0 Å². The zero-order valence-corrected chi connectivity index (χ0v) is 67.2. The van der Waals surface area contributed by atoms with Crippen molar-refractivity contribution in [3.63, 3.8) is 0 Å². The van der Waals surface area contributed by atoms with Crippen molar-refractivity contribution in [3.8, 4) is 0 Å². The summed E-state index contributed by atoms with van der Waals surface area (Å²) in [7, 11) is -12.4. The third kappa shape index (κ3) is 20.2. The van der Waals surface area contributed by atoms with Gasteiger partial charge in [0.05, 0.1) is 94.2 Å². The van der Waals surface area contributed by atoms with Crippen LogP contribution >= 0.6 is 23.2 Å². The number of sulfonamides is 3. The fraction of sp³-hybridized carbons (Fsp3) is 0.507. The highest BCUT2D eigenvalue weighted by molar-refractivity contribution is 7.90. The highest BCUT2D eigenvalue weighted by Crippen LogP contribution is 2.45. The molecule has 6 aliphatic rings. The number of carbonyl (C=O) groups excluding carboxylic acids is 1. The monoisotopic (exact) mass is 1660 g/mol. The van der Waals surface area contributed by atoms with Crippen LogP contribution in [0, 0.1) is 11.8 Å². The van der Waals surface area contributed by atoms with Crippen LogP contribution in [0.5, 0.6) is 0 Å². The van der Waals surface area contributed by atoms with E-state index in [1.165, 1.54) is 65.5 Å². The molecule has 5 aromatic carbocycles. The normalized spacial score (nSPS) is 19.6. The van der Waals surface area contributed by atoms with E-state index in [1.807, 2.05) is 55.4 Å². The number of aromatic nitrogens is 10. The smallest absolute Gasteiger partial charge is 0.371 e. The number of carbonyl (C=O) groups is 1. The summed E-state index contributed by atoms with van der Waals surface area (Å²) < 4.78 is 176. The van der Waals surface area contributed by atoms with E-state index >= 15 is 0 Å². The summed E-state index contributed by atoms with van der Waals surface area (Å²) in [4.78, 5) is 20.1. The number of hydrogen-bond acceptors (Lipinski definition) is 18. The predicted molar refractivity (Wildman–Crippen MR) is 422 cm³/mol. The average Bonchev–Trinajstić information content (AvgIpc) is 1.76. The molecule has 10 heterocycles. The van der Waals surface area contributed by atoms with Crippen molar-refractivity contribution in [2.45, 2.75) is 115 Å². The highest BCUT2D eigenvalue weighted by atomic mass is 35.5. The molecule has 5 N–H and O–H groups in total. The van der Waals surface area contributed by atoms with E-state index in [4.69, 9.17) is 23.2 Å². The van der Waals surface area contributed by atoms with E-state index < -0.39 is 63.4 Å². The third-order valence-electron chi connectivity index (χ3n) is 21.6. The van der Waals surface area contributed by atoms with Gasteiger partial charge < -0.3 is 19.6 Å². The van der Waals surface area contributed by atoms with Crippen LogP contribution in [0.1, 0.15) is 113 Å². The molecule has 0 radical (unpaired) electrons. The van der Waals surface area contributed by atoms with E-state index in [0.717, 1.165) is 108 Å². The third-order valence-corrected chi connectivity index (χ3v) is 27.1. The maximum atomic E-state index is 13.1. The van der Waals surface area contributed by atoms with Crippen molar-refractivity contribution in [1.82, 2.24) is 63.9 Å². The molecule has 0 unspecified atom stereocenters. The van der Waals surface area contributed by atoms with Crippen LogP contribution in [0.4, 0.5) is 49.1 Å². The van der Waals surface area contributed by atoms with E-state index in [2.05, 4.69) is 77.8 Å². The number of benzene rings is 5. The lowest BCUT2D eigenvalue weighted by atomic mass is 9.87. The molecule has 38 heteroatoms. The van der Waals surface area contributed by atoms with Gasteiger partial charge in [-0.25, -0.2) is 38.0 Å². The predicted octanol–water partition coefficient (Wildman–Crippen LogP) is 12.6. The number of anilines is 4. The van der Waals surface area contributed by atoms with Crippen molar-refractivity contribution >= 4 is 146 Å². The Labute approximate surface area is 650 Å². The van der Waals surface area contributed by atoms with Crippen molar-refractivity contribution in [2.24, 2.45) is 11.8 Å². The van der Waals surface area contributed by atoms with Gasteiger partial charge in [0.1, 0.15) is 15.6 Å². The number of alkyl halides is 6. The van der Waals surface area contributed by atoms with Gasteiger partial charge in [0.15, 0.2) is 0 Å². The Morgan fingerprint density at radius 3 is 1.26 bits per heavy atom. The molecule has 16 rings (SSSR count). The van der Waals surface area contributed by atoms with Crippen molar-refractivity contribution in [2.75, 3.05) is 129 Å². The van der Waals surface area contributed by atoms with Crippen LogP contribution in [0.2, 0.25) is 10.0 Å². The molecule has 26 nitrogen and oxygen atoms in total. The zero-order valence-electron chi connectivity index (χ0n) is 62.4. The van der Waals surface area contributed by atoms with Gasteiger partial charge in [0.2, 0.25) is 30.1 Å². The van der Waals surface area contributed by atoms with Gasteiger partial charge in [0, 0.05) is 163 Å². The minimum Gasteiger partial charge on any atom is -0.371 e. The second-order valence-electron chi connectivity index (χ2n) is 29.9. The number of sulfone groups is 1. The van der Waals surface area contributed by atoms with Gasteiger partial charge in [-0.2, -0.15) is 60.4 Å². The van der Waals surface area contributed by atoms with Crippen LogP contribution < -0.4 is 19.6 Å². The molecule has 2 atom stereocenters. The van der Waals surface area contributed by atoms with E-state index in [1.54, 1.807) is 27.9 Å². The summed E-state index contributed by atoms with van der Waals surface area (Å²) in [6.07, 6.45) is 12.4. The molecule has 1 aliphatic carbocycles. The molecular weight excluding hydrogens is 1570 g/mol. The number of piperazine rings is 2. The first-order valence-electron chi connectivity index (χ1n) is 36.6. The lowest BCUT2D eigenvalue weighted by Crippen LogP contribution is -2.58. The number of halogens is 8. The molecule has 6 fully saturated rings. The van der Waals surface area contributed by atoms with Crippen LogP contribution in [-0.4, -0.2) is 225 Å². The fourth-order valence-corrected chi connectivity index (χ4v) is 20.1. The Balaban J connectivity index is 0.000000129. The molecule has 602 valence electrons. The quantitative estimate of drug-likeness (QED) is 0.0670. The first-order valence-corrected chi connectivity index (χ1v) is 45.0. The Morgan fingerprint density at radius 1 is 0.441 bits per heavy atom. The number of hydrogen-bond donors (Lipinski definition) is 5. The van der Waals surface area contributed by atoms with Gasteiger partial charge in [-0.1, -0.05) is 23.2 Å². The number of rotatable bonds is 13. The maximum Gasteiger partial charge on any atom is 0.416 e. The number of piperidine rings is 3. The number of fused-ring (bicyclic) bond motifs is 5. The minimum absolute atomic E-state index is 0.0156. The molecule has 5 aliphatic heterocycles. The highest BCUT2D eigenvalue weighted by Gasteiger charge is 2.39. The maximum absolute atomic E-state index is 13.1. The molecule has 0 amide bonds. The number of aromatic amines is 5. The summed E-state index contributed by atoms with van der Waals surface area (Å²) in [5.41, 5.74) is 7.98. The van der Waals surface area contributed by atoms with Crippen LogP contribution in [0.15, 0.2) is 91.6 Å². The summed E-state index contributed by atoms with van der Waals surface area (Å²) in [6.45, 7) is 12.9. The molecular formula is C73H91Cl2F6N17O9S4. The number of Topliss-reactive ketones (excluding diaryl/α,β-unsaturated/α-hetero) is 1. The fourth-order valence-electron chi connectivity index (χ4n) is 15.8. The Bertz CT molecular complexity index is 5440. The van der Waals surface area contributed by atoms with Crippen LogP contribution in [-0.2, 0) is 57.1 Å². The summed E-state index contributed by atoms with van der Waals surface area (Å²) in [5, 5.41) is 40.1. The standard InChI is InChI=1S/C15H20ClN3O2S.C15H16F3N3O.C15H20N4O2S.C14H19ClN4O2S.C14H16F3N3O2S/c1-22(20,21)7-4-11-2-5-19(6-3-11)15-9-12(16)8-14-13(15)10-17-18-14;1-9(22)10-2-4-21(5-3-10)14-7-11(15(16,17)18)6-13-12(14)8-19-20-13;1-22(20,21)19-6-4-18(5-7-19)15-9-12(11-2-3-11)8-14-13(15)10-16-17-14;1-9-7-18(8-10(2)19(9)22(3,20)21)14-5-11(15)4-13-12(14)6-16-17-13;1-23(21,22)20-4-2-9(3-5-20)11-6-10(14(15,16)17)7-13-12(11)8-18-19-13/h8-11H,2-7H2,1H3,(H,17,18);6-8,10H,2-5H2,1H3,(H,19,20);8-11H,2-7H2,1H3,(H,16,17);4-6,9-10H,7-8H2,1-3H3,(H,16,17);6-9H,2-5H2,1H3,(H,18,19)/t;;;9-,10-;/m...1./s1. The molecule has 0 spiro atoms. The Morgan fingerprint density at radius 2 is 0.829 bits per heavy atom. The van der Waals surface area contributed by atoms with Gasteiger partial charge in [-0.3, -0.25) is 30.3 Å². The topological polar surface area (TPSA) is 320 Å². The minimum atomic E-state index is -4.43. The molecule has 10 aromatic rings. The number of H-pyrrole nitrogens is 5. The van der Waals surface area contributed by atoms with Crippen LogP contribution in [0.25, 0.3) is 54.5 Å². The van der Waals surface area contributed by atoms with E-state index in [-0.39, 0.29) is 29.7 Å². The molecule has 5 aromatic heterocycles. The van der Waals surface area contributed by atoms with Crippen molar-refractivity contribution in [3.05, 3.63) is 124 Å². The summed E-state index contributed by atoms with van der Waals surface area (Å²) in [5.74, 6) is 1.52. The SMILES string of the molecule is CC(=O)C1CCN(c2cc(C(F)(F)F)cc3[nH]ncc23)CC1.CS(=O)(=O)CCC1CCN(c2cc(Cl)cc3[nH]ncc23)CC1.CS(=O)(=O)N1CCC(c2cc(C(F)(F)F)cc3[nH]ncc23)CC1.CS(=O)(=O)N1CCN(c2cc(C3CC3)cc3[nH]ncc23)CC1.C[C@@H]1CN(c2cc(Cl)cc3[nH]ncc23)C[C@@H](C)N1S(C)(=O)=O. The molecule has 5 saturated heterocycles.